The summed E-state index contributed by atoms with van der Waals surface area (Å²) in [6, 6.07) is 8.87. The second-order valence-electron chi connectivity index (χ2n) is 4.09. The molecule has 1 aromatic rings. The van der Waals surface area contributed by atoms with E-state index in [1.165, 1.54) is 0 Å². The van der Waals surface area contributed by atoms with E-state index in [9.17, 15) is 9.59 Å². The second-order valence-corrected chi connectivity index (χ2v) is 4.09. The van der Waals surface area contributed by atoms with Crippen LogP contribution < -0.4 is 5.32 Å². The molecule has 0 aromatic heterocycles. The number of Topliss-reactive ketones (excluding diaryl/α,β-unsaturated/α-hetero) is 1. The second kappa shape index (κ2) is 5.85. The van der Waals surface area contributed by atoms with Gasteiger partial charge in [-0.2, -0.15) is 0 Å². The minimum absolute atomic E-state index is 0.157. The molecule has 1 N–H and O–H groups in total. The lowest BCUT2D eigenvalue weighted by molar-refractivity contribution is -0.108. The van der Waals surface area contributed by atoms with E-state index in [-0.39, 0.29) is 5.71 Å². The minimum Gasteiger partial charge on any atom is -0.420 e. The van der Waals surface area contributed by atoms with Crippen molar-refractivity contribution in [2.24, 2.45) is 4.99 Å². The summed E-state index contributed by atoms with van der Waals surface area (Å²) in [4.78, 5) is 27.0. The van der Waals surface area contributed by atoms with Crippen molar-refractivity contribution in [3.8, 4) is 12.3 Å². The smallest absolute Gasteiger partial charge is 0.413 e. The number of ether oxygens (including phenoxy) is 1. The summed E-state index contributed by atoms with van der Waals surface area (Å²) < 4.78 is 5.08. The van der Waals surface area contributed by atoms with Gasteiger partial charge >= 0.3 is 6.09 Å². The Morgan fingerprint density at radius 2 is 2.05 bits per heavy atom. The molecule has 0 radical (unpaired) electrons. The number of para-hydroxylation sites is 1. The van der Waals surface area contributed by atoms with Crippen LogP contribution in [0.4, 0.5) is 10.5 Å². The van der Waals surface area contributed by atoms with Gasteiger partial charge in [-0.3, -0.25) is 10.1 Å². The van der Waals surface area contributed by atoms with Crippen LogP contribution in [0.2, 0.25) is 0 Å². The lowest BCUT2D eigenvalue weighted by Crippen LogP contribution is -2.19. The first-order chi connectivity index (χ1) is 9.60. The number of amides is 1. The molecule has 0 aliphatic carbocycles. The molecule has 0 spiro atoms. The van der Waals surface area contributed by atoms with Crippen LogP contribution in [0.1, 0.15) is 6.92 Å². The van der Waals surface area contributed by atoms with Crippen molar-refractivity contribution in [2.75, 3.05) is 5.32 Å². The van der Waals surface area contributed by atoms with E-state index in [1.54, 1.807) is 37.3 Å². The number of hydrogen-bond acceptors (Lipinski definition) is 4. The fourth-order valence-corrected chi connectivity index (χ4v) is 1.70. The van der Waals surface area contributed by atoms with Gasteiger partial charge in [0, 0.05) is 5.69 Å². The molecule has 20 heavy (non-hydrogen) atoms. The van der Waals surface area contributed by atoms with E-state index in [2.05, 4.69) is 10.3 Å². The Morgan fingerprint density at radius 3 is 2.70 bits per heavy atom. The van der Waals surface area contributed by atoms with Crippen molar-refractivity contribution >= 4 is 23.3 Å². The van der Waals surface area contributed by atoms with E-state index in [0.29, 0.717) is 11.3 Å². The predicted molar refractivity (Wildman–Crippen MR) is 75.4 cm³/mol. The maximum absolute atomic E-state index is 11.7. The molecule has 1 aliphatic rings. The van der Waals surface area contributed by atoms with Crippen LogP contribution in [-0.4, -0.2) is 23.8 Å². The van der Waals surface area contributed by atoms with Crippen molar-refractivity contribution in [1.82, 2.24) is 0 Å². The molecule has 1 atom stereocenters. The first kappa shape index (κ1) is 13.6. The highest BCUT2D eigenvalue weighted by Crippen LogP contribution is 2.15. The van der Waals surface area contributed by atoms with Gasteiger partial charge in [-0.05, 0) is 36.6 Å². The Kier molecular flexibility index (Phi) is 3.96. The van der Waals surface area contributed by atoms with Gasteiger partial charge in [0.2, 0.25) is 6.23 Å². The van der Waals surface area contributed by atoms with Crippen LogP contribution in [0.3, 0.4) is 0 Å². The van der Waals surface area contributed by atoms with E-state index >= 15 is 0 Å². The molecule has 5 nitrogen and oxygen atoms in total. The Hall–Kier alpha value is -2.87. The quantitative estimate of drug-likeness (QED) is 0.674. The summed E-state index contributed by atoms with van der Waals surface area (Å²) in [5.74, 6) is 1.46. The van der Waals surface area contributed by atoms with Crippen LogP contribution >= 0.6 is 0 Å². The van der Waals surface area contributed by atoms with Gasteiger partial charge in [-0.15, -0.1) is 6.42 Å². The van der Waals surface area contributed by atoms with Crippen LogP contribution in [0.25, 0.3) is 0 Å². The number of hydrogen-bond donors (Lipinski definition) is 1. The predicted octanol–water partition coefficient (Wildman–Crippen LogP) is 2.16. The molecule has 1 unspecified atom stereocenters. The molecule has 1 heterocycles. The maximum atomic E-state index is 11.7. The number of carbonyl (C=O) groups is 2. The zero-order valence-electron chi connectivity index (χ0n) is 10.8. The molecule has 0 saturated carbocycles. The third kappa shape index (κ3) is 3.12. The average Bonchev–Trinajstić information content (AvgIpc) is 2.79. The zero-order valence-corrected chi connectivity index (χ0v) is 10.8. The van der Waals surface area contributed by atoms with Gasteiger partial charge in [0.25, 0.3) is 5.78 Å². The van der Waals surface area contributed by atoms with Gasteiger partial charge < -0.3 is 4.74 Å². The third-order valence-electron chi connectivity index (χ3n) is 2.62. The fourth-order valence-electron chi connectivity index (χ4n) is 1.70. The van der Waals surface area contributed by atoms with Crippen LogP contribution in [0.5, 0.6) is 0 Å². The monoisotopic (exact) mass is 268 g/mol. The number of rotatable bonds is 3. The number of ketones is 1. The fraction of sp³-hybridized carbons (Fsp3) is 0.133. The highest BCUT2D eigenvalue weighted by molar-refractivity contribution is 6.51. The normalized spacial score (nSPS) is 16.7. The summed E-state index contributed by atoms with van der Waals surface area (Å²) in [5, 5.41) is 2.56. The van der Waals surface area contributed by atoms with E-state index < -0.39 is 18.1 Å². The Bertz CT molecular complexity index is 639. The van der Waals surface area contributed by atoms with E-state index in [1.807, 2.05) is 12.0 Å². The lowest BCUT2D eigenvalue weighted by atomic mass is 10.1. The Balaban J connectivity index is 1.99. The molecule has 0 fully saturated rings. The Labute approximate surface area is 116 Å². The number of anilines is 1. The average molecular weight is 268 g/mol. The number of allylic oxidation sites excluding steroid dienone is 1. The first-order valence-corrected chi connectivity index (χ1v) is 5.90. The summed E-state index contributed by atoms with van der Waals surface area (Å²) in [6.07, 6.45) is 5.12. The molecule has 0 saturated heterocycles. The SMILES string of the molecule is C#CC(=O)C1=NC(OC(=O)Nc2ccccc2)C=C1C. The molecule has 5 heteroatoms. The van der Waals surface area contributed by atoms with Crippen molar-refractivity contribution in [3.63, 3.8) is 0 Å². The molecular formula is C15H12N2O3. The number of terminal acetylenes is 1. The summed E-state index contributed by atoms with van der Waals surface area (Å²) >= 11 is 0. The van der Waals surface area contributed by atoms with Crippen molar-refractivity contribution < 1.29 is 14.3 Å². The Morgan fingerprint density at radius 1 is 1.35 bits per heavy atom. The van der Waals surface area contributed by atoms with Crippen molar-refractivity contribution in [2.45, 2.75) is 13.2 Å². The van der Waals surface area contributed by atoms with Gasteiger partial charge in [0.1, 0.15) is 5.71 Å². The maximum Gasteiger partial charge on any atom is 0.413 e. The van der Waals surface area contributed by atoms with Crippen LogP contribution in [0.15, 0.2) is 47.0 Å². The standard InChI is InChI=1S/C15H12N2O3/c1-3-12(18)14-10(2)9-13(17-14)20-15(19)16-11-7-5-4-6-8-11/h1,4-9,13H,2H3,(H,16,19). The van der Waals surface area contributed by atoms with E-state index in [4.69, 9.17) is 11.2 Å². The number of nitrogens with one attached hydrogen (secondary N) is 1. The van der Waals surface area contributed by atoms with Gasteiger partial charge in [-0.25, -0.2) is 9.79 Å². The van der Waals surface area contributed by atoms with Gasteiger partial charge in [-0.1, -0.05) is 18.2 Å². The molecule has 1 aliphatic heterocycles. The van der Waals surface area contributed by atoms with Crippen molar-refractivity contribution in [1.29, 1.82) is 0 Å². The number of aliphatic imine (C=N–C) groups is 1. The van der Waals surface area contributed by atoms with Crippen LogP contribution in [-0.2, 0) is 9.53 Å². The summed E-state index contributed by atoms with van der Waals surface area (Å²) in [5.41, 5.74) is 1.37. The lowest BCUT2D eigenvalue weighted by Gasteiger charge is -2.08. The van der Waals surface area contributed by atoms with Gasteiger partial charge in [0.15, 0.2) is 0 Å². The summed E-state index contributed by atoms with van der Waals surface area (Å²) in [6.45, 7) is 1.69. The number of carbonyl (C=O) groups excluding carboxylic acids is 2. The largest absolute Gasteiger partial charge is 0.420 e. The highest BCUT2D eigenvalue weighted by Gasteiger charge is 2.23. The topological polar surface area (TPSA) is 67.8 Å². The third-order valence-corrected chi connectivity index (χ3v) is 2.62. The van der Waals surface area contributed by atoms with Crippen LogP contribution in [0, 0.1) is 12.3 Å². The molecule has 1 amide bonds. The van der Waals surface area contributed by atoms with E-state index in [0.717, 1.165) is 0 Å². The molecule has 1 aromatic carbocycles. The van der Waals surface area contributed by atoms with Gasteiger partial charge in [0.05, 0.1) is 0 Å². The minimum atomic E-state index is -0.828. The molecule has 2 rings (SSSR count). The molecule has 0 bridgehead atoms. The zero-order chi connectivity index (χ0) is 14.5. The molecular weight excluding hydrogens is 256 g/mol. The van der Waals surface area contributed by atoms with Crippen molar-refractivity contribution in [3.05, 3.63) is 42.0 Å². The number of nitrogens with zero attached hydrogens (tertiary/aromatic N) is 1. The highest BCUT2D eigenvalue weighted by atomic mass is 16.6. The number of benzene rings is 1. The molecule has 100 valence electrons. The first-order valence-electron chi connectivity index (χ1n) is 5.90. The summed E-state index contributed by atoms with van der Waals surface area (Å²) in [7, 11) is 0.